The third kappa shape index (κ3) is 7.59. The number of fused-ring (bicyclic) bond motifs is 2. The van der Waals surface area contributed by atoms with Crippen molar-refractivity contribution in [2.75, 3.05) is 13.7 Å². The number of hydrogen-bond donors (Lipinski definition) is 2. The molecule has 1 aliphatic rings. The summed E-state index contributed by atoms with van der Waals surface area (Å²) in [6.45, 7) is 7.37. The maximum Gasteiger partial charge on any atom is 0.251 e. The van der Waals surface area contributed by atoms with E-state index >= 15 is 0 Å². The van der Waals surface area contributed by atoms with Crippen LogP contribution in [-0.2, 0) is 22.7 Å². The van der Waals surface area contributed by atoms with Crippen LogP contribution >= 0.6 is 0 Å². The van der Waals surface area contributed by atoms with Gasteiger partial charge in [0.25, 0.3) is 11.8 Å². The topological polar surface area (TPSA) is 93.2 Å². The molecule has 2 aromatic heterocycles. The predicted molar refractivity (Wildman–Crippen MR) is 167 cm³/mol. The summed E-state index contributed by atoms with van der Waals surface area (Å²) in [5, 5.41) is 6.58. The lowest BCUT2D eigenvalue weighted by atomic mass is 9.91. The van der Waals surface area contributed by atoms with E-state index in [2.05, 4.69) is 34.4 Å². The molecule has 0 bridgehead atoms. The van der Waals surface area contributed by atoms with Crippen LogP contribution in [0.2, 0.25) is 0 Å². The third-order valence-electron chi connectivity index (χ3n) is 6.90. The van der Waals surface area contributed by atoms with Gasteiger partial charge in [-0.1, -0.05) is 44.1 Å². The van der Waals surface area contributed by atoms with Crippen LogP contribution in [-0.4, -0.2) is 35.4 Å². The fourth-order valence-electron chi connectivity index (χ4n) is 4.73. The summed E-state index contributed by atoms with van der Waals surface area (Å²) in [5.74, 6) is 6.19. The number of unbranched alkanes of at least 4 members (excludes halogenated alkanes) is 1. The fraction of sp³-hybridized carbons (Fsp3) is 0.314. The number of nitrogens with one attached hydrogen (secondary N) is 2. The van der Waals surface area contributed by atoms with Crippen molar-refractivity contribution in [2.24, 2.45) is 0 Å². The molecular weight excluding hydrogens is 524 g/mol. The van der Waals surface area contributed by atoms with E-state index in [1.165, 1.54) is 0 Å². The average molecular weight is 563 g/mol. The van der Waals surface area contributed by atoms with Crippen LogP contribution in [0, 0.1) is 11.8 Å². The van der Waals surface area contributed by atoms with Gasteiger partial charge in [0.1, 0.15) is 0 Å². The molecule has 1 atom stereocenters. The van der Waals surface area contributed by atoms with Gasteiger partial charge in [0, 0.05) is 41.8 Å². The highest BCUT2D eigenvalue weighted by Crippen LogP contribution is 2.27. The van der Waals surface area contributed by atoms with Crippen LogP contribution in [0.25, 0.3) is 16.5 Å². The Labute approximate surface area is 248 Å². The average Bonchev–Trinajstić information content (AvgIpc) is 3.02. The highest BCUT2D eigenvalue weighted by Gasteiger charge is 2.21. The Hall–Kier alpha value is -4.54. The van der Waals surface area contributed by atoms with Crippen LogP contribution in [0.3, 0.4) is 0 Å². The number of carbonyl (C=O) groups excluding carboxylic acids is 2. The fourth-order valence-corrected chi connectivity index (χ4v) is 4.73. The summed E-state index contributed by atoms with van der Waals surface area (Å²) >= 11 is 0. The summed E-state index contributed by atoms with van der Waals surface area (Å²) < 4.78 is 5.72. The molecule has 42 heavy (non-hydrogen) atoms. The van der Waals surface area contributed by atoms with Crippen molar-refractivity contribution < 1.29 is 14.3 Å². The second kappa shape index (κ2) is 14.9. The monoisotopic (exact) mass is 562 g/mol. The van der Waals surface area contributed by atoms with Crippen molar-refractivity contribution in [3.05, 3.63) is 101 Å². The molecule has 0 spiro atoms. The lowest BCUT2D eigenvalue weighted by molar-refractivity contribution is -0.116. The van der Waals surface area contributed by atoms with Gasteiger partial charge in [-0.2, -0.15) is 0 Å². The molecule has 3 heterocycles. The predicted octanol–water partition coefficient (Wildman–Crippen LogP) is 6.02. The largest absolute Gasteiger partial charge is 0.375 e. The molecule has 0 aliphatic carbocycles. The van der Waals surface area contributed by atoms with Gasteiger partial charge in [-0.15, -0.1) is 5.92 Å². The minimum atomic E-state index is -0.170. The molecule has 1 aromatic carbocycles. The number of allylic oxidation sites excluding steroid dienone is 4. The summed E-state index contributed by atoms with van der Waals surface area (Å²) in [4.78, 5) is 34.9. The zero-order valence-corrected chi connectivity index (χ0v) is 24.8. The summed E-state index contributed by atoms with van der Waals surface area (Å²) in [6.07, 6.45) is 12.0. The number of amides is 2. The number of likely N-dealkylation sites (N-methyl/N-ethyl adjacent to an activating group) is 1. The first-order valence-electron chi connectivity index (χ1n) is 14.5. The van der Waals surface area contributed by atoms with E-state index in [9.17, 15) is 9.59 Å². The number of rotatable bonds is 9. The molecule has 0 saturated carbocycles. The Morgan fingerprint density at radius 3 is 2.79 bits per heavy atom. The molecule has 7 heteroatoms. The number of ether oxygens (including phenoxy) is 1. The highest BCUT2D eigenvalue weighted by atomic mass is 16.5. The third-order valence-corrected chi connectivity index (χ3v) is 6.90. The van der Waals surface area contributed by atoms with Gasteiger partial charge in [-0.05, 0) is 67.3 Å². The zero-order valence-electron chi connectivity index (χ0n) is 24.8. The van der Waals surface area contributed by atoms with Crippen LogP contribution in [0.1, 0.15) is 78.8 Å². The SMILES string of the molecule is C\C=C/C(=C\C(=C\CC)C(=O)NC)c1ccc2cnc(CNC(=O)c3ccc4c(c3)C(C#CCCC)COC4)cc2n1. The zero-order chi connectivity index (χ0) is 29.9. The van der Waals surface area contributed by atoms with Crippen molar-refractivity contribution in [3.63, 3.8) is 0 Å². The molecule has 7 nitrogen and oxygen atoms in total. The number of carbonyl (C=O) groups is 2. The molecule has 0 saturated heterocycles. The van der Waals surface area contributed by atoms with Crippen molar-refractivity contribution in [2.45, 2.75) is 59.1 Å². The summed E-state index contributed by atoms with van der Waals surface area (Å²) in [5.41, 5.74) is 6.33. The van der Waals surface area contributed by atoms with Gasteiger partial charge in [-0.25, -0.2) is 4.98 Å². The van der Waals surface area contributed by atoms with Crippen molar-refractivity contribution in [1.29, 1.82) is 0 Å². The second-order valence-electron chi connectivity index (χ2n) is 10.0. The number of hydrogen-bond acceptors (Lipinski definition) is 5. The van der Waals surface area contributed by atoms with Gasteiger partial charge in [0.05, 0.1) is 42.6 Å². The molecule has 0 radical (unpaired) electrons. The molecule has 3 aromatic rings. The van der Waals surface area contributed by atoms with Crippen LogP contribution in [0.5, 0.6) is 0 Å². The lowest BCUT2D eigenvalue weighted by Crippen LogP contribution is -2.24. The first-order valence-corrected chi connectivity index (χ1v) is 14.5. The van der Waals surface area contributed by atoms with Crippen LogP contribution in [0.4, 0.5) is 0 Å². The minimum Gasteiger partial charge on any atom is -0.375 e. The maximum atomic E-state index is 13.1. The number of aromatic nitrogens is 2. The Bertz CT molecular complexity index is 1610. The molecular formula is C35H38N4O3. The van der Waals surface area contributed by atoms with Gasteiger partial charge < -0.3 is 15.4 Å². The molecule has 2 amide bonds. The van der Waals surface area contributed by atoms with Gasteiger partial charge >= 0.3 is 0 Å². The molecule has 1 aliphatic heterocycles. The first kappa shape index (κ1) is 30.4. The molecule has 4 rings (SSSR count). The van der Waals surface area contributed by atoms with Crippen LogP contribution < -0.4 is 10.6 Å². The number of benzene rings is 1. The quantitative estimate of drug-likeness (QED) is 0.189. The van der Waals surface area contributed by atoms with Crippen molar-refractivity contribution in [1.82, 2.24) is 20.6 Å². The Morgan fingerprint density at radius 2 is 2.02 bits per heavy atom. The van der Waals surface area contributed by atoms with E-state index in [1.54, 1.807) is 13.2 Å². The normalized spacial score (nSPS) is 15.2. The molecule has 216 valence electrons. The highest BCUT2D eigenvalue weighted by molar-refractivity contribution is 5.99. The summed E-state index contributed by atoms with van der Waals surface area (Å²) in [6, 6.07) is 11.5. The molecule has 2 N–H and O–H groups in total. The van der Waals surface area contributed by atoms with Gasteiger partial charge in [0.2, 0.25) is 0 Å². The molecule has 1 unspecified atom stereocenters. The van der Waals surface area contributed by atoms with Crippen molar-refractivity contribution >= 4 is 28.3 Å². The second-order valence-corrected chi connectivity index (χ2v) is 10.0. The first-order chi connectivity index (χ1) is 20.5. The van der Waals surface area contributed by atoms with E-state index in [0.717, 1.165) is 52.6 Å². The maximum absolute atomic E-state index is 13.1. The van der Waals surface area contributed by atoms with E-state index in [4.69, 9.17) is 9.72 Å². The van der Waals surface area contributed by atoms with E-state index in [-0.39, 0.29) is 24.3 Å². The van der Waals surface area contributed by atoms with Crippen LogP contribution in [0.15, 0.2) is 72.5 Å². The Kier molecular flexibility index (Phi) is 10.8. The van der Waals surface area contributed by atoms with E-state index < -0.39 is 0 Å². The molecule has 0 fully saturated rings. The summed E-state index contributed by atoms with van der Waals surface area (Å²) in [7, 11) is 1.62. The Morgan fingerprint density at radius 1 is 1.17 bits per heavy atom. The standard InChI is InChI=1S/C35H38N4O3/c1-5-8-9-12-28-22-42-23-29-14-13-26(18-31(28)29)35(41)38-21-30-19-33-27(20-37-30)15-16-32(39-33)24(10-6-2)17-25(11-7-3)34(40)36-4/h6,10-11,13-20,28H,5,7-8,21-23H2,1-4H3,(H,36,40)(H,38,41)/b10-6-,24-17+,25-11-. The van der Waals surface area contributed by atoms with E-state index in [1.807, 2.05) is 74.5 Å². The minimum absolute atomic E-state index is 0.0260. The van der Waals surface area contributed by atoms with Gasteiger partial charge in [-0.3, -0.25) is 14.6 Å². The Balaban J connectivity index is 1.54. The smallest absolute Gasteiger partial charge is 0.251 e. The van der Waals surface area contributed by atoms with Gasteiger partial charge in [0.15, 0.2) is 0 Å². The van der Waals surface area contributed by atoms with E-state index in [0.29, 0.717) is 30.0 Å². The number of pyridine rings is 2. The lowest BCUT2D eigenvalue weighted by Gasteiger charge is -2.22. The van der Waals surface area contributed by atoms with Crippen molar-refractivity contribution in [3.8, 4) is 11.8 Å². The number of nitrogens with zero attached hydrogens (tertiary/aromatic N) is 2.